The third-order valence-corrected chi connectivity index (χ3v) is 1.03. The zero-order valence-corrected chi connectivity index (χ0v) is 6.09. The van der Waals surface area contributed by atoms with Gasteiger partial charge in [0.25, 0.3) is 0 Å². The van der Waals surface area contributed by atoms with E-state index in [2.05, 4.69) is 10.3 Å². The van der Waals surface area contributed by atoms with Crippen LogP contribution in [-0.2, 0) is 4.79 Å². The number of carbonyl (C=O) groups excluding carboxylic acids is 1. The molecule has 0 aromatic rings. The van der Waals surface area contributed by atoms with Crippen molar-refractivity contribution in [3.05, 3.63) is 0 Å². The summed E-state index contributed by atoms with van der Waals surface area (Å²) in [6, 6.07) is -0.469. The van der Waals surface area contributed by atoms with Crippen molar-refractivity contribution in [2.45, 2.75) is 13.0 Å². The number of rotatable bonds is 2. The van der Waals surface area contributed by atoms with E-state index in [-0.39, 0.29) is 5.96 Å². The van der Waals surface area contributed by atoms with E-state index in [4.69, 9.17) is 11.5 Å². The van der Waals surface area contributed by atoms with Gasteiger partial charge in [0.2, 0.25) is 5.91 Å². The fourth-order valence-electron chi connectivity index (χ4n) is 0.358. The van der Waals surface area contributed by atoms with Crippen LogP contribution in [-0.4, -0.2) is 25.0 Å². The number of primary amides is 1. The van der Waals surface area contributed by atoms with Gasteiger partial charge in [-0.15, -0.1) is 0 Å². The van der Waals surface area contributed by atoms with Crippen molar-refractivity contribution in [1.29, 1.82) is 0 Å². The lowest BCUT2D eigenvalue weighted by Gasteiger charge is -2.08. The molecule has 0 rings (SSSR count). The van der Waals surface area contributed by atoms with E-state index in [1.807, 2.05) is 0 Å². The van der Waals surface area contributed by atoms with Crippen molar-refractivity contribution in [2.75, 3.05) is 7.05 Å². The molecular formula is C5H12N4O. The fraction of sp³-hybridized carbons (Fsp3) is 0.600. The zero-order valence-electron chi connectivity index (χ0n) is 6.09. The number of aliphatic imine (C=N–C) groups is 1. The summed E-state index contributed by atoms with van der Waals surface area (Å²) in [5.41, 5.74) is 10.2. The number of nitrogens with zero attached hydrogens (tertiary/aromatic N) is 1. The maximum atomic E-state index is 10.4. The minimum atomic E-state index is -0.469. The van der Waals surface area contributed by atoms with Crippen LogP contribution in [0.25, 0.3) is 0 Å². The van der Waals surface area contributed by atoms with Gasteiger partial charge in [0.05, 0.1) is 0 Å². The second-order valence-corrected chi connectivity index (χ2v) is 1.88. The van der Waals surface area contributed by atoms with Gasteiger partial charge in [0, 0.05) is 7.05 Å². The SMILES string of the molecule is CN=C(N)N[C@@H](C)C(N)=O. The summed E-state index contributed by atoms with van der Waals surface area (Å²) in [6.07, 6.45) is 0. The molecule has 1 amide bonds. The van der Waals surface area contributed by atoms with Gasteiger partial charge in [-0.05, 0) is 6.92 Å². The Bertz CT molecular complexity index is 154. The van der Waals surface area contributed by atoms with Crippen LogP contribution in [0.15, 0.2) is 4.99 Å². The van der Waals surface area contributed by atoms with Gasteiger partial charge in [0.15, 0.2) is 5.96 Å². The number of guanidine groups is 1. The van der Waals surface area contributed by atoms with Crippen LogP contribution in [0, 0.1) is 0 Å². The van der Waals surface area contributed by atoms with E-state index in [9.17, 15) is 4.79 Å². The van der Waals surface area contributed by atoms with Crippen LogP contribution >= 0.6 is 0 Å². The minimum Gasteiger partial charge on any atom is -0.370 e. The first-order valence-electron chi connectivity index (χ1n) is 2.86. The van der Waals surface area contributed by atoms with Crippen LogP contribution in [0.5, 0.6) is 0 Å². The lowest BCUT2D eigenvalue weighted by molar-refractivity contribution is -0.119. The van der Waals surface area contributed by atoms with Gasteiger partial charge >= 0.3 is 0 Å². The summed E-state index contributed by atoms with van der Waals surface area (Å²) in [5, 5.41) is 2.58. The molecule has 0 saturated carbocycles. The Morgan fingerprint density at radius 3 is 2.40 bits per heavy atom. The average molecular weight is 144 g/mol. The van der Waals surface area contributed by atoms with Gasteiger partial charge < -0.3 is 16.8 Å². The Balaban J connectivity index is 3.80. The van der Waals surface area contributed by atoms with Crippen LogP contribution in [0.1, 0.15) is 6.92 Å². The normalized spacial score (nSPS) is 14.4. The smallest absolute Gasteiger partial charge is 0.239 e. The summed E-state index contributed by atoms with van der Waals surface area (Å²) in [6.45, 7) is 1.61. The topological polar surface area (TPSA) is 93.5 Å². The number of nitrogens with two attached hydrogens (primary N) is 2. The number of carbonyl (C=O) groups is 1. The molecule has 0 aromatic heterocycles. The maximum Gasteiger partial charge on any atom is 0.239 e. The van der Waals surface area contributed by atoms with Crippen LogP contribution < -0.4 is 16.8 Å². The van der Waals surface area contributed by atoms with Crippen molar-refractivity contribution >= 4 is 11.9 Å². The Morgan fingerprint density at radius 2 is 2.10 bits per heavy atom. The quantitative estimate of drug-likeness (QED) is 0.321. The summed E-state index contributed by atoms with van der Waals surface area (Å²) >= 11 is 0. The lowest BCUT2D eigenvalue weighted by atomic mass is 10.3. The highest BCUT2D eigenvalue weighted by Crippen LogP contribution is 1.75. The van der Waals surface area contributed by atoms with Gasteiger partial charge in [-0.1, -0.05) is 0 Å². The van der Waals surface area contributed by atoms with Crippen molar-refractivity contribution in [3.8, 4) is 0 Å². The van der Waals surface area contributed by atoms with E-state index in [1.165, 1.54) is 7.05 Å². The fourth-order valence-corrected chi connectivity index (χ4v) is 0.358. The van der Waals surface area contributed by atoms with E-state index in [0.717, 1.165) is 0 Å². The predicted octanol–water partition coefficient (Wildman–Crippen LogP) is -1.61. The van der Waals surface area contributed by atoms with Crippen LogP contribution in [0.3, 0.4) is 0 Å². The van der Waals surface area contributed by atoms with Crippen LogP contribution in [0.2, 0.25) is 0 Å². The molecule has 0 saturated heterocycles. The summed E-state index contributed by atoms with van der Waals surface area (Å²) < 4.78 is 0. The van der Waals surface area contributed by atoms with Crippen molar-refractivity contribution in [2.24, 2.45) is 16.5 Å². The molecule has 5 nitrogen and oxygen atoms in total. The van der Waals surface area contributed by atoms with E-state index < -0.39 is 11.9 Å². The molecule has 5 heteroatoms. The molecule has 0 aliphatic carbocycles. The molecule has 58 valence electrons. The molecule has 0 spiro atoms. The van der Waals surface area contributed by atoms with Gasteiger partial charge in [0.1, 0.15) is 6.04 Å². The standard InChI is InChI=1S/C5H12N4O/c1-3(4(6)10)9-5(7)8-2/h3H,1-2H3,(H2,6,10)(H3,7,8,9)/t3-/m0/s1. The summed E-state index contributed by atoms with van der Waals surface area (Å²) in [4.78, 5) is 14.0. The molecule has 10 heavy (non-hydrogen) atoms. The molecule has 0 bridgehead atoms. The van der Waals surface area contributed by atoms with E-state index in [0.29, 0.717) is 0 Å². The minimum absolute atomic E-state index is 0.214. The van der Waals surface area contributed by atoms with Crippen molar-refractivity contribution < 1.29 is 4.79 Å². The number of amides is 1. The van der Waals surface area contributed by atoms with E-state index in [1.54, 1.807) is 6.92 Å². The lowest BCUT2D eigenvalue weighted by Crippen LogP contribution is -2.45. The molecule has 0 aromatic carbocycles. The number of nitrogens with one attached hydrogen (secondary N) is 1. The molecule has 0 aliphatic rings. The highest BCUT2D eigenvalue weighted by molar-refractivity contribution is 5.86. The van der Waals surface area contributed by atoms with E-state index >= 15 is 0 Å². The highest BCUT2D eigenvalue weighted by Gasteiger charge is 2.06. The molecule has 0 heterocycles. The van der Waals surface area contributed by atoms with Gasteiger partial charge in [-0.3, -0.25) is 9.79 Å². The summed E-state index contributed by atoms with van der Waals surface area (Å²) in [7, 11) is 1.52. The number of hydrogen-bond acceptors (Lipinski definition) is 2. The van der Waals surface area contributed by atoms with Gasteiger partial charge in [-0.2, -0.15) is 0 Å². The second kappa shape index (κ2) is 3.71. The molecule has 0 aliphatic heterocycles. The molecule has 1 atom stereocenters. The molecule has 5 N–H and O–H groups in total. The predicted molar refractivity (Wildman–Crippen MR) is 39.3 cm³/mol. The Labute approximate surface area is 59.5 Å². The first kappa shape index (κ1) is 8.74. The monoisotopic (exact) mass is 144 g/mol. The van der Waals surface area contributed by atoms with Crippen molar-refractivity contribution in [1.82, 2.24) is 5.32 Å². The Morgan fingerprint density at radius 1 is 1.60 bits per heavy atom. The molecule has 0 unspecified atom stereocenters. The molecule has 0 fully saturated rings. The summed E-state index contributed by atoms with van der Waals surface area (Å²) in [5.74, 6) is -0.238. The average Bonchev–Trinajstić information content (AvgIpc) is 1.87. The first-order chi connectivity index (χ1) is 4.57. The highest BCUT2D eigenvalue weighted by atomic mass is 16.1. The molecular weight excluding hydrogens is 132 g/mol. The zero-order chi connectivity index (χ0) is 8.15. The van der Waals surface area contributed by atoms with Crippen molar-refractivity contribution in [3.63, 3.8) is 0 Å². The maximum absolute atomic E-state index is 10.4. The number of hydrogen-bond donors (Lipinski definition) is 3. The third-order valence-electron chi connectivity index (χ3n) is 1.03. The first-order valence-corrected chi connectivity index (χ1v) is 2.86. The largest absolute Gasteiger partial charge is 0.370 e. The Kier molecular flexibility index (Phi) is 3.24. The Hall–Kier alpha value is -1.26. The third kappa shape index (κ3) is 2.91. The van der Waals surface area contributed by atoms with Crippen LogP contribution in [0.4, 0.5) is 0 Å². The van der Waals surface area contributed by atoms with Gasteiger partial charge in [-0.25, -0.2) is 0 Å². The molecule has 0 radical (unpaired) electrons. The second-order valence-electron chi connectivity index (χ2n) is 1.88.